The molecule has 0 aromatic carbocycles. The smallest absolute Gasteiger partial charge is 0.216 e. The van der Waals surface area contributed by atoms with Gasteiger partial charge in [0, 0.05) is 38.8 Å². The second kappa shape index (κ2) is 32.7. The van der Waals surface area contributed by atoms with Crippen LogP contribution in [-0.2, 0) is 37.9 Å². The third-order valence-corrected chi connectivity index (χ3v) is 7.53. The lowest BCUT2D eigenvalue weighted by atomic mass is 9.92. The Kier molecular flexibility index (Phi) is 34.1. The van der Waals surface area contributed by atoms with E-state index in [4.69, 9.17) is 37.9 Å². The first-order valence-corrected chi connectivity index (χ1v) is 18.8. The number of thiol groups is 6. The predicted molar refractivity (Wildman–Crippen MR) is 193 cm³/mol. The summed E-state index contributed by atoms with van der Waals surface area (Å²) in [5.74, 6) is 3.41. The zero-order valence-corrected chi connectivity index (χ0v) is 30.7. The molecule has 0 aliphatic heterocycles. The summed E-state index contributed by atoms with van der Waals surface area (Å²) in [6, 6.07) is 0. The number of rotatable bonds is 35. The molecule has 254 valence electrons. The van der Waals surface area contributed by atoms with Gasteiger partial charge >= 0.3 is 0 Å². The normalized spacial score (nSPS) is 13.6. The highest BCUT2D eigenvalue weighted by atomic mass is 32.1. The molecule has 0 saturated heterocycles. The van der Waals surface area contributed by atoms with Gasteiger partial charge in [-0.15, -0.1) is 0 Å². The Hall–Kier alpha value is 1.78. The molecule has 14 heteroatoms. The fourth-order valence-electron chi connectivity index (χ4n) is 3.58. The van der Waals surface area contributed by atoms with Gasteiger partial charge in [-0.2, -0.15) is 75.8 Å². The van der Waals surface area contributed by atoms with Crippen LogP contribution in [0.4, 0.5) is 0 Å². The van der Waals surface area contributed by atoms with Gasteiger partial charge in [-0.1, -0.05) is 0 Å². The minimum Gasteiger partial charge on any atom is -0.381 e. The fraction of sp³-hybridized carbons (Fsp3) is 1.00. The maximum atomic E-state index is 6.29. The minimum atomic E-state index is -1.01. The highest BCUT2D eigenvalue weighted by molar-refractivity contribution is 7.81. The molecule has 8 nitrogen and oxygen atoms in total. The van der Waals surface area contributed by atoms with Crippen molar-refractivity contribution < 1.29 is 37.9 Å². The van der Waals surface area contributed by atoms with Gasteiger partial charge in [0.05, 0.1) is 51.7 Å². The standard InChI is InChI=1S/C28H58O8S6/c37-15-2-8-30-22-27(23-31-9-3-16-38,24-32-10-4-17-39)21-29-7-1-12-35-28(26-34-14-20-42,36-13-6-19-41)25-33-11-5-18-40/h37-42H,1-26H2. The maximum Gasteiger partial charge on any atom is 0.216 e. The molecule has 0 rings (SSSR count). The van der Waals surface area contributed by atoms with Crippen molar-refractivity contribution in [1.82, 2.24) is 0 Å². The molecular weight excluding hydrogens is 657 g/mol. The van der Waals surface area contributed by atoms with Gasteiger partial charge in [0.1, 0.15) is 13.2 Å². The van der Waals surface area contributed by atoms with Crippen molar-refractivity contribution >= 4 is 75.8 Å². The van der Waals surface area contributed by atoms with Crippen LogP contribution < -0.4 is 0 Å². The van der Waals surface area contributed by atoms with Gasteiger partial charge < -0.3 is 37.9 Å². The van der Waals surface area contributed by atoms with Gasteiger partial charge in [0.2, 0.25) is 5.79 Å². The largest absolute Gasteiger partial charge is 0.381 e. The van der Waals surface area contributed by atoms with Crippen LogP contribution in [0.2, 0.25) is 0 Å². The summed E-state index contributed by atoms with van der Waals surface area (Å²) in [6.07, 6.45) is 4.95. The minimum absolute atomic E-state index is 0.252. The van der Waals surface area contributed by atoms with E-state index in [-0.39, 0.29) is 13.2 Å². The number of hydrogen-bond donors (Lipinski definition) is 6. The Morgan fingerprint density at radius 1 is 0.310 bits per heavy atom. The molecule has 0 bridgehead atoms. The SMILES string of the molecule is SCCCOCC(COCCCS)(COCCCS)COCCCOC(COCCS)(COCCCS)OCCCS. The highest BCUT2D eigenvalue weighted by Crippen LogP contribution is 2.22. The summed E-state index contributed by atoms with van der Waals surface area (Å²) in [6.45, 7) is 6.77. The van der Waals surface area contributed by atoms with Crippen molar-refractivity contribution in [2.75, 3.05) is 127 Å². The molecular formula is C28H58O8S6. The molecule has 0 aliphatic rings. The highest BCUT2D eigenvalue weighted by Gasteiger charge is 2.34. The Balaban J connectivity index is 5.16. The quantitative estimate of drug-likeness (QED) is 0.0321. The Labute approximate surface area is 288 Å². The zero-order valence-electron chi connectivity index (χ0n) is 25.3. The zero-order chi connectivity index (χ0) is 31.0. The molecule has 1 unspecified atom stereocenters. The molecule has 0 saturated carbocycles. The topological polar surface area (TPSA) is 73.8 Å². The van der Waals surface area contributed by atoms with Gasteiger partial charge in [0.15, 0.2) is 0 Å². The van der Waals surface area contributed by atoms with Crippen LogP contribution in [0.3, 0.4) is 0 Å². The van der Waals surface area contributed by atoms with E-state index in [9.17, 15) is 0 Å². The molecule has 42 heavy (non-hydrogen) atoms. The van der Waals surface area contributed by atoms with Gasteiger partial charge in [-0.05, 0) is 67.3 Å². The second-order valence-electron chi connectivity index (χ2n) is 9.89. The fourth-order valence-corrected chi connectivity index (χ4v) is 4.36. The first-order chi connectivity index (χ1) is 20.6. The molecule has 0 N–H and O–H groups in total. The van der Waals surface area contributed by atoms with E-state index in [2.05, 4.69) is 75.8 Å². The maximum absolute atomic E-state index is 6.29. The molecule has 0 heterocycles. The van der Waals surface area contributed by atoms with Crippen LogP contribution in [0.15, 0.2) is 0 Å². The molecule has 0 aromatic heterocycles. The lowest BCUT2D eigenvalue weighted by molar-refractivity contribution is -0.282. The lowest BCUT2D eigenvalue weighted by Gasteiger charge is -2.34. The van der Waals surface area contributed by atoms with E-state index in [1.165, 1.54) is 0 Å². The Morgan fingerprint density at radius 3 is 1.00 bits per heavy atom. The molecule has 0 radical (unpaired) electrons. The van der Waals surface area contributed by atoms with Crippen molar-refractivity contribution in [3.63, 3.8) is 0 Å². The van der Waals surface area contributed by atoms with Crippen molar-refractivity contribution in [3.8, 4) is 0 Å². The first-order valence-electron chi connectivity index (χ1n) is 15.0. The van der Waals surface area contributed by atoms with Crippen molar-refractivity contribution in [2.45, 2.75) is 44.3 Å². The molecule has 0 fully saturated rings. The van der Waals surface area contributed by atoms with Crippen molar-refractivity contribution in [1.29, 1.82) is 0 Å². The van der Waals surface area contributed by atoms with E-state index in [0.29, 0.717) is 91.5 Å². The van der Waals surface area contributed by atoms with Crippen LogP contribution in [0.1, 0.15) is 38.5 Å². The molecule has 0 aromatic rings. The molecule has 0 aliphatic carbocycles. The van der Waals surface area contributed by atoms with E-state index >= 15 is 0 Å². The molecule has 0 spiro atoms. The summed E-state index contributed by atoms with van der Waals surface area (Å²) in [4.78, 5) is 0. The van der Waals surface area contributed by atoms with E-state index in [0.717, 1.165) is 60.9 Å². The third-order valence-electron chi connectivity index (χ3n) is 5.77. The molecule has 1 atom stereocenters. The van der Waals surface area contributed by atoms with Crippen molar-refractivity contribution in [3.05, 3.63) is 0 Å². The van der Waals surface area contributed by atoms with Crippen LogP contribution in [0, 0.1) is 5.41 Å². The summed E-state index contributed by atoms with van der Waals surface area (Å²) >= 11 is 25.7. The third kappa shape index (κ3) is 24.9. The van der Waals surface area contributed by atoms with E-state index < -0.39 is 11.2 Å². The number of hydrogen-bond acceptors (Lipinski definition) is 14. The van der Waals surface area contributed by atoms with Gasteiger partial charge in [0.25, 0.3) is 0 Å². The predicted octanol–water partition coefficient (Wildman–Crippen LogP) is 4.72. The summed E-state index contributed by atoms with van der Waals surface area (Å²) in [5.41, 5.74) is -0.425. The lowest BCUT2D eigenvalue weighted by Crippen LogP contribution is -2.46. The second-order valence-corrected chi connectivity index (χ2v) is 12.6. The van der Waals surface area contributed by atoms with Crippen molar-refractivity contribution in [2.24, 2.45) is 5.41 Å². The summed E-state index contributed by atoms with van der Waals surface area (Å²) < 4.78 is 48.4. The average Bonchev–Trinajstić information content (AvgIpc) is 3.00. The van der Waals surface area contributed by atoms with Gasteiger partial charge in [-0.3, -0.25) is 0 Å². The summed E-state index contributed by atoms with van der Waals surface area (Å²) in [5, 5.41) is 0. The summed E-state index contributed by atoms with van der Waals surface area (Å²) in [7, 11) is 0. The Bertz CT molecular complexity index is 515. The van der Waals surface area contributed by atoms with Crippen LogP contribution >= 0.6 is 75.8 Å². The van der Waals surface area contributed by atoms with Crippen LogP contribution in [0.5, 0.6) is 0 Å². The average molecular weight is 715 g/mol. The van der Waals surface area contributed by atoms with Gasteiger partial charge in [-0.25, -0.2) is 0 Å². The van der Waals surface area contributed by atoms with Crippen LogP contribution in [0.25, 0.3) is 0 Å². The first kappa shape index (κ1) is 43.8. The monoisotopic (exact) mass is 714 g/mol. The van der Waals surface area contributed by atoms with Crippen LogP contribution in [-0.4, -0.2) is 133 Å². The molecule has 0 amide bonds. The van der Waals surface area contributed by atoms with E-state index in [1.54, 1.807) is 0 Å². The van der Waals surface area contributed by atoms with E-state index in [1.807, 2.05) is 0 Å². The Morgan fingerprint density at radius 2 is 0.619 bits per heavy atom. The number of ether oxygens (including phenoxy) is 8.